The van der Waals surface area contributed by atoms with Gasteiger partial charge >= 0.3 is 5.97 Å². The van der Waals surface area contributed by atoms with E-state index in [0.717, 1.165) is 36.8 Å². The maximum Gasteiger partial charge on any atom is 0.330 e. The van der Waals surface area contributed by atoms with Crippen LogP contribution in [0.15, 0.2) is 52.7 Å². The van der Waals surface area contributed by atoms with E-state index in [9.17, 15) is 10.1 Å². The fraction of sp³-hybridized carbons (Fsp3) is 0.594. The van der Waals surface area contributed by atoms with Crippen LogP contribution >= 0.6 is 0 Å². The number of rotatable bonds is 1. The van der Waals surface area contributed by atoms with Gasteiger partial charge in [-0.25, -0.2) is 9.78 Å². The molecule has 0 amide bonds. The number of ether oxygens (including phenoxy) is 5. The maximum absolute atomic E-state index is 13.0. The van der Waals surface area contributed by atoms with E-state index < -0.39 is 18.4 Å². The molecule has 3 saturated heterocycles. The van der Waals surface area contributed by atoms with Crippen molar-refractivity contribution in [1.82, 2.24) is 4.98 Å². The van der Waals surface area contributed by atoms with E-state index in [2.05, 4.69) is 17.6 Å². The number of nitrogens with zero attached hydrogens (tertiary/aromatic N) is 2. The van der Waals surface area contributed by atoms with Gasteiger partial charge in [-0.3, -0.25) is 0 Å². The van der Waals surface area contributed by atoms with E-state index in [4.69, 9.17) is 28.1 Å². The molecular weight excluding hydrogens is 524 g/mol. The van der Waals surface area contributed by atoms with Gasteiger partial charge in [0.1, 0.15) is 18.1 Å². The zero-order chi connectivity index (χ0) is 28.9. The molecule has 9 nitrogen and oxygen atoms in total. The smallest absolute Gasteiger partial charge is 0.330 e. The van der Waals surface area contributed by atoms with Gasteiger partial charge in [0, 0.05) is 30.4 Å². The molecule has 4 aliphatic heterocycles. The first-order chi connectivity index (χ1) is 19.8. The molecule has 0 aliphatic carbocycles. The fourth-order valence-corrected chi connectivity index (χ4v) is 6.35. The fourth-order valence-electron chi connectivity index (χ4n) is 6.35. The van der Waals surface area contributed by atoms with E-state index in [0.29, 0.717) is 31.0 Å². The third kappa shape index (κ3) is 7.25. The van der Waals surface area contributed by atoms with Gasteiger partial charge in [0.25, 0.3) is 0 Å². The highest BCUT2D eigenvalue weighted by molar-refractivity contribution is 5.82. The Morgan fingerprint density at radius 1 is 1.07 bits per heavy atom. The normalized spacial score (nSPS) is 38.6. The van der Waals surface area contributed by atoms with Crippen LogP contribution in [0.1, 0.15) is 77.2 Å². The Labute approximate surface area is 241 Å². The molecule has 4 aliphatic rings. The van der Waals surface area contributed by atoms with E-state index in [1.54, 1.807) is 12.3 Å². The van der Waals surface area contributed by atoms with Crippen LogP contribution < -0.4 is 0 Å². The number of esters is 1. The minimum atomic E-state index is -0.595. The van der Waals surface area contributed by atoms with Gasteiger partial charge in [0.15, 0.2) is 0 Å². The second-order valence-corrected chi connectivity index (χ2v) is 11.6. The number of carbonyl (C=O) groups excluding carboxylic acids is 1. The third-order valence-corrected chi connectivity index (χ3v) is 8.45. The molecule has 0 radical (unpaired) electrons. The second-order valence-electron chi connectivity index (χ2n) is 11.6. The van der Waals surface area contributed by atoms with Gasteiger partial charge in [-0.2, -0.15) is 5.26 Å². The first kappa shape index (κ1) is 29.5. The number of fused-ring (bicyclic) bond motifs is 9. The summed E-state index contributed by atoms with van der Waals surface area (Å²) < 4.78 is 36.7. The molecule has 5 heterocycles. The van der Waals surface area contributed by atoms with Gasteiger partial charge in [0.2, 0.25) is 12.2 Å². The first-order valence-electron chi connectivity index (χ1n) is 14.6. The van der Waals surface area contributed by atoms with Crippen molar-refractivity contribution in [3.63, 3.8) is 0 Å². The van der Waals surface area contributed by atoms with Crippen molar-refractivity contribution in [2.24, 2.45) is 11.8 Å². The Kier molecular flexibility index (Phi) is 9.56. The molecule has 1 aromatic rings. The van der Waals surface area contributed by atoms with Crippen molar-refractivity contribution in [2.75, 3.05) is 6.61 Å². The summed E-state index contributed by atoms with van der Waals surface area (Å²) in [6, 6.07) is 2.10. The monoisotopic (exact) mass is 564 g/mol. The van der Waals surface area contributed by atoms with Gasteiger partial charge < -0.3 is 28.1 Å². The second kappa shape index (κ2) is 13.3. The number of aromatic nitrogens is 1. The molecule has 9 heteroatoms. The standard InChI is InChI=1S/C32H40N2O7/c1-19-15-23-7-5-10-29(35)41-31-21(3)27(40-30(22(31)4)20(2)11-13-33)8-6-9-28-34-26(18-37-28)32-36-14-12-24(39-32)17-25(16-19)38-23/h5-6,9-11,18,21-25,27,30-32H,1,7-8,12,14-17H2,2-4H3/b9-6+,10-5-,20-11+. The largest absolute Gasteiger partial charge is 0.458 e. The van der Waals surface area contributed by atoms with Crippen molar-refractivity contribution in [1.29, 1.82) is 5.26 Å². The molecule has 0 aromatic carbocycles. The highest BCUT2D eigenvalue weighted by Crippen LogP contribution is 2.37. The molecule has 5 rings (SSSR count). The molecule has 0 saturated carbocycles. The summed E-state index contributed by atoms with van der Waals surface area (Å²) in [5.41, 5.74) is 2.54. The van der Waals surface area contributed by atoms with Crippen molar-refractivity contribution in [3.05, 3.63) is 59.9 Å². The summed E-state index contributed by atoms with van der Waals surface area (Å²) >= 11 is 0. The molecule has 9 atom stereocenters. The zero-order valence-corrected chi connectivity index (χ0v) is 24.1. The van der Waals surface area contributed by atoms with Gasteiger partial charge in [-0.15, -0.1) is 0 Å². The minimum Gasteiger partial charge on any atom is -0.458 e. The summed E-state index contributed by atoms with van der Waals surface area (Å²) in [7, 11) is 0. The molecule has 3 fully saturated rings. The van der Waals surface area contributed by atoms with Crippen LogP contribution in [-0.2, 0) is 28.5 Å². The van der Waals surface area contributed by atoms with E-state index >= 15 is 0 Å². The average molecular weight is 565 g/mol. The van der Waals surface area contributed by atoms with Gasteiger partial charge in [-0.05, 0) is 50.7 Å². The van der Waals surface area contributed by atoms with Gasteiger partial charge in [-0.1, -0.05) is 38.2 Å². The van der Waals surface area contributed by atoms with Crippen LogP contribution in [-0.4, -0.2) is 54.2 Å². The average Bonchev–Trinajstić information content (AvgIpc) is 3.41. The number of oxazole rings is 1. The SMILES string of the molecule is C=C1CC2C/C=C\C(=O)OC3C(C)C(C/C=C/c4nc(co4)C4OCCC(CC(C1)O2)O4)OC(/C(C)=C/C#N)C3C. The van der Waals surface area contributed by atoms with E-state index in [-0.39, 0.29) is 42.4 Å². The lowest BCUT2D eigenvalue weighted by atomic mass is 9.79. The molecular formula is C32H40N2O7. The van der Waals surface area contributed by atoms with Crippen LogP contribution in [0, 0.1) is 23.2 Å². The quantitative estimate of drug-likeness (QED) is 0.239. The topological polar surface area (TPSA) is 113 Å². The number of hydrogen-bond donors (Lipinski definition) is 0. The number of hydrogen-bond acceptors (Lipinski definition) is 9. The molecule has 41 heavy (non-hydrogen) atoms. The van der Waals surface area contributed by atoms with Crippen molar-refractivity contribution in [3.8, 4) is 6.07 Å². The number of nitriles is 1. The van der Waals surface area contributed by atoms with Crippen molar-refractivity contribution in [2.45, 2.75) is 102 Å². The number of carbonyl (C=O) groups is 1. The van der Waals surface area contributed by atoms with Crippen LogP contribution in [0.4, 0.5) is 0 Å². The van der Waals surface area contributed by atoms with Gasteiger partial charge in [0.05, 0.1) is 43.2 Å². The Balaban J connectivity index is 1.41. The lowest BCUT2D eigenvalue weighted by molar-refractivity contribution is -0.227. The summed E-state index contributed by atoms with van der Waals surface area (Å²) in [4.78, 5) is 17.6. The van der Waals surface area contributed by atoms with Crippen molar-refractivity contribution >= 4 is 12.0 Å². The van der Waals surface area contributed by atoms with Crippen LogP contribution in [0.2, 0.25) is 0 Å². The summed E-state index contributed by atoms with van der Waals surface area (Å²) in [6.45, 7) is 10.7. The molecule has 9 unspecified atom stereocenters. The summed E-state index contributed by atoms with van der Waals surface area (Å²) in [5.74, 6) is -0.166. The third-order valence-electron chi connectivity index (χ3n) is 8.45. The summed E-state index contributed by atoms with van der Waals surface area (Å²) in [6.07, 6.45) is 12.6. The molecule has 8 bridgehead atoms. The number of allylic oxidation sites excluding steroid dienone is 1. The zero-order valence-electron chi connectivity index (χ0n) is 24.1. The Bertz CT molecular complexity index is 1230. The first-order valence-corrected chi connectivity index (χ1v) is 14.6. The summed E-state index contributed by atoms with van der Waals surface area (Å²) in [5, 5.41) is 9.25. The Morgan fingerprint density at radius 2 is 1.88 bits per heavy atom. The highest BCUT2D eigenvalue weighted by atomic mass is 16.7. The maximum atomic E-state index is 13.0. The van der Waals surface area contributed by atoms with Crippen LogP contribution in [0.25, 0.3) is 6.08 Å². The Morgan fingerprint density at radius 3 is 2.71 bits per heavy atom. The van der Waals surface area contributed by atoms with Crippen LogP contribution in [0.3, 0.4) is 0 Å². The van der Waals surface area contributed by atoms with E-state index in [1.165, 1.54) is 12.2 Å². The predicted molar refractivity (Wildman–Crippen MR) is 150 cm³/mol. The minimum absolute atomic E-state index is 0.0160. The molecule has 220 valence electrons. The van der Waals surface area contributed by atoms with E-state index in [1.807, 2.05) is 32.9 Å². The molecule has 0 N–H and O–H groups in total. The van der Waals surface area contributed by atoms with Crippen molar-refractivity contribution < 1.29 is 32.9 Å². The molecule has 0 spiro atoms. The Hall–Kier alpha value is -3.03. The highest BCUT2D eigenvalue weighted by Gasteiger charge is 2.43. The van der Waals surface area contributed by atoms with Crippen LogP contribution in [0.5, 0.6) is 0 Å². The lowest BCUT2D eigenvalue weighted by Gasteiger charge is -2.44. The lowest BCUT2D eigenvalue weighted by Crippen LogP contribution is -2.50. The molecule has 1 aromatic heterocycles. The predicted octanol–water partition coefficient (Wildman–Crippen LogP) is 5.76.